The molecule has 3 unspecified atom stereocenters. The van der Waals surface area contributed by atoms with Crippen LogP contribution in [-0.4, -0.2) is 10.8 Å². The maximum atomic E-state index is 12.6. The number of Topliss-reactive ketones (excluding diaryl/α,β-unsaturated/α-hetero) is 1. The van der Waals surface area contributed by atoms with E-state index in [0.717, 1.165) is 16.5 Å². The summed E-state index contributed by atoms with van der Waals surface area (Å²) in [7, 11) is 0. The summed E-state index contributed by atoms with van der Waals surface area (Å²) < 4.78 is 1.02. The van der Waals surface area contributed by atoms with E-state index in [-0.39, 0.29) is 17.6 Å². The maximum absolute atomic E-state index is 12.6. The molecule has 1 aliphatic rings. The molecule has 0 aliphatic heterocycles. The summed E-state index contributed by atoms with van der Waals surface area (Å²) in [5, 5.41) is 9.32. The molecule has 0 saturated heterocycles. The van der Waals surface area contributed by atoms with Crippen LogP contribution in [0.1, 0.15) is 29.5 Å². The van der Waals surface area contributed by atoms with E-state index >= 15 is 0 Å². The van der Waals surface area contributed by atoms with E-state index in [1.54, 1.807) is 24.4 Å². The summed E-state index contributed by atoms with van der Waals surface area (Å²) in [5.74, 6) is -0.636. The van der Waals surface area contributed by atoms with Crippen LogP contribution in [0, 0.1) is 17.2 Å². The molecule has 1 aliphatic carbocycles. The average molecular weight is 341 g/mol. The molecule has 0 N–H and O–H groups in total. The van der Waals surface area contributed by atoms with Crippen molar-refractivity contribution in [1.82, 2.24) is 4.98 Å². The number of halogens is 1. The number of hydrogen-bond acceptors (Lipinski definition) is 3. The Labute approximate surface area is 131 Å². The van der Waals surface area contributed by atoms with E-state index in [9.17, 15) is 10.1 Å². The van der Waals surface area contributed by atoms with Crippen molar-refractivity contribution in [2.24, 2.45) is 5.92 Å². The fourth-order valence-electron chi connectivity index (χ4n) is 2.67. The SMILES string of the molecule is N#CC(C(=O)C1CC1c1ccccc1Br)c1ccccn1. The summed E-state index contributed by atoms with van der Waals surface area (Å²) in [4.78, 5) is 16.7. The summed E-state index contributed by atoms with van der Waals surface area (Å²) in [6.07, 6.45) is 2.43. The van der Waals surface area contributed by atoms with Crippen molar-refractivity contribution in [3.63, 3.8) is 0 Å². The van der Waals surface area contributed by atoms with Gasteiger partial charge in [-0.2, -0.15) is 5.26 Å². The molecule has 104 valence electrons. The van der Waals surface area contributed by atoms with Gasteiger partial charge in [0.25, 0.3) is 0 Å². The van der Waals surface area contributed by atoms with E-state index in [4.69, 9.17) is 0 Å². The Hall–Kier alpha value is -1.99. The topological polar surface area (TPSA) is 53.8 Å². The van der Waals surface area contributed by atoms with Crippen molar-refractivity contribution in [3.8, 4) is 6.07 Å². The second-order valence-electron chi connectivity index (χ2n) is 5.19. The molecule has 0 radical (unpaired) electrons. The first kappa shape index (κ1) is 14.0. The third-order valence-electron chi connectivity index (χ3n) is 3.86. The Morgan fingerprint density at radius 3 is 2.71 bits per heavy atom. The van der Waals surface area contributed by atoms with Crippen LogP contribution in [0.3, 0.4) is 0 Å². The van der Waals surface area contributed by atoms with Crippen molar-refractivity contribution in [1.29, 1.82) is 5.26 Å². The van der Waals surface area contributed by atoms with Crippen molar-refractivity contribution < 1.29 is 4.79 Å². The lowest BCUT2D eigenvalue weighted by Crippen LogP contribution is -2.15. The van der Waals surface area contributed by atoms with Crippen LogP contribution in [0.15, 0.2) is 53.1 Å². The molecule has 1 aromatic carbocycles. The van der Waals surface area contributed by atoms with Gasteiger partial charge in [0.15, 0.2) is 5.78 Å². The predicted molar refractivity (Wildman–Crippen MR) is 82.6 cm³/mol. The average Bonchev–Trinajstić information content (AvgIpc) is 3.30. The Kier molecular flexibility index (Phi) is 3.85. The largest absolute Gasteiger partial charge is 0.297 e. The number of carbonyl (C=O) groups excluding carboxylic acids is 1. The van der Waals surface area contributed by atoms with Gasteiger partial charge in [0.1, 0.15) is 5.92 Å². The molecule has 1 aromatic heterocycles. The lowest BCUT2D eigenvalue weighted by Gasteiger charge is -2.08. The lowest BCUT2D eigenvalue weighted by molar-refractivity contribution is -0.120. The van der Waals surface area contributed by atoms with Crippen LogP contribution < -0.4 is 0 Å². The first-order valence-corrected chi connectivity index (χ1v) is 7.60. The van der Waals surface area contributed by atoms with Crippen molar-refractivity contribution in [2.45, 2.75) is 18.3 Å². The van der Waals surface area contributed by atoms with Gasteiger partial charge >= 0.3 is 0 Å². The third-order valence-corrected chi connectivity index (χ3v) is 4.58. The maximum Gasteiger partial charge on any atom is 0.159 e. The Morgan fingerprint density at radius 1 is 1.29 bits per heavy atom. The summed E-state index contributed by atoms with van der Waals surface area (Å²) in [5.41, 5.74) is 1.69. The highest BCUT2D eigenvalue weighted by atomic mass is 79.9. The fourth-order valence-corrected chi connectivity index (χ4v) is 3.24. The van der Waals surface area contributed by atoms with Crippen LogP contribution in [-0.2, 0) is 4.79 Å². The zero-order valence-electron chi connectivity index (χ0n) is 11.2. The summed E-state index contributed by atoms with van der Waals surface area (Å²) in [6.45, 7) is 0. The highest BCUT2D eigenvalue weighted by Gasteiger charge is 2.47. The van der Waals surface area contributed by atoms with Crippen LogP contribution in [0.4, 0.5) is 0 Å². The van der Waals surface area contributed by atoms with Gasteiger partial charge in [-0.15, -0.1) is 0 Å². The standard InChI is InChI=1S/C17H13BrN2O/c18-15-6-2-1-5-11(15)12-9-13(12)17(21)14(10-19)16-7-3-4-8-20-16/h1-8,12-14H,9H2. The van der Waals surface area contributed by atoms with Gasteiger partial charge in [0.05, 0.1) is 11.8 Å². The highest BCUT2D eigenvalue weighted by molar-refractivity contribution is 9.10. The Bertz CT molecular complexity index is 708. The molecule has 0 spiro atoms. The molecule has 3 atom stereocenters. The van der Waals surface area contributed by atoms with Crippen LogP contribution in [0.25, 0.3) is 0 Å². The van der Waals surface area contributed by atoms with Gasteiger partial charge in [-0.3, -0.25) is 9.78 Å². The molecular formula is C17H13BrN2O. The molecule has 3 rings (SSSR count). The molecule has 1 heterocycles. The highest BCUT2D eigenvalue weighted by Crippen LogP contribution is 2.51. The van der Waals surface area contributed by atoms with Crippen LogP contribution in [0.2, 0.25) is 0 Å². The number of benzene rings is 1. The number of rotatable bonds is 4. The van der Waals surface area contributed by atoms with Gasteiger partial charge in [-0.05, 0) is 36.1 Å². The molecule has 3 nitrogen and oxygen atoms in total. The third kappa shape index (κ3) is 2.74. The minimum atomic E-state index is -0.760. The van der Waals surface area contributed by atoms with Gasteiger partial charge in [-0.25, -0.2) is 0 Å². The summed E-state index contributed by atoms with van der Waals surface area (Å²) in [6, 6.07) is 15.4. The number of ketones is 1. The molecule has 1 fully saturated rings. The minimum Gasteiger partial charge on any atom is -0.297 e. The number of carbonyl (C=O) groups is 1. The molecule has 21 heavy (non-hydrogen) atoms. The molecule has 1 saturated carbocycles. The van der Waals surface area contributed by atoms with E-state index in [1.165, 1.54) is 0 Å². The first-order valence-electron chi connectivity index (χ1n) is 6.81. The molecular weight excluding hydrogens is 328 g/mol. The number of pyridine rings is 1. The molecule has 2 aromatic rings. The van der Waals surface area contributed by atoms with Crippen molar-refractivity contribution >= 4 is 21.7 Å². The Balaban J connectivity index is 1.79. The van der Waals surface area contributed by atoms with Gasteiger partial charge in [0.2, 0.25) is 0 Å². The van der Waals surface area contributed by atoms with Gasteiger partial charge in [0, 0.05) is 16.6 Å². The zero-order valence-corrected chi connectivity index (χ0v) is 12.8. The smallest absolute Gasteiger partial charge is 0.159 e. The van der Waals surface area contributed by atoms with Crippen LogP contribution >= 0.6 is 15.9 Å². The first-order chi connectivity index (χ1) is 10.2. The molecule has 0 bridgehead atoms. The predicted octanol–water partition coefficient (Wildman–Crippen LogP) is 3.82. The monoisotopic (exact) mass is 340 g/mol. The quantitative estimate of drug-likeness (QED) is 0.849. The van der Waals surface area contributed by atoms with E-state index in [1.807, 2.05) is 24.3 Å². The van der Waals surface area contributed by atoms with Gasteiger partial charge < -0.3 is 0 Å². The van der Waals surface area contributed by atoms with Crippen molar-refractivity contribution in [3.05, 3.63) is 64.4 Å². The second kappa shape index (κ2) is 5.79. The second-order valence-corrected chi connectivity index (χ2v) is 6.04. The fraction of sp³-hybridized carbons (Fsp3) is 0.235. The Morgan fingerprint density at radius 2 is 2.05 bits per heavy atom. The van der Waals surface area contributed by atoms with Gasteiger partial charge in [-0.1, -0.05) is 40.2 Å². The van der Waals surface area contributed by atoms with E-state index in [2.05, 4.69) is 27.0 Å². The van der Waals surface area contributed by atoms with Crippen molar-refractivity contribution in [2.75, 3.05) is 0 Å². The summed E-state index contributed by atoms with van der Waals surface area (Å²) >= 11 is 3.52. The van der Waals surface area contributed by atoms with Crippen LogP contribution in [0.5, 0.6) is 0 Å². The zero-order chi connectivity index (χ0) is 14.8. The molecule has 4 heteroatoms. The number of aromatic nitrogens is 1. The van der Waals surface area contributed by atoms with E-state index in [0.29, 0.717) is 5.69 Å². The number of nitriles is 1. The lowest BCUT2D eigenvalue weighted by atomic mass is 9.95. The number of hydrogen-bond donors (Lipinski definition) is 0. The number of nitrogens with zero attached hydrogens (tertiary/aromatic N) is 2. The van der Waals surface area contributed by atoms with E-state index < -0.39 is 5.92 Å². The normalized spacial score (nSPS) is 21.3. The minimum absolute atomic E-state index is 0.0167. The molecule has 0 amide bonds.